The molecule has 292 valence electrons. The number of allylic oxidation sites excluding steroid dienone is 2. The molecule has 0 fully saturated rings. The number of nitrogens with one attached hydrogen (secondary N) is 1. The average molecular weight is 719 g/mol. The molecule has 4 atom stereocenters. The van der Waals surface area contributed by atoms with Gasteiger partial charge in [-0.1, -0.05) is 161 Å². The van der Waals surface area contributed by atoms with Gasteiger partial charge in [0, 0.05) is 6.54 Å². The van der Waals surface area contributed by atoms with Gasteiger partial charge in [-0.25, -0.2) is 4.57 Å². The summed E-state index contributed by atoms with van der Waals surface area (Å²) in [5.41, 5.74) is 5.34. The molecule has 49 heavy (non-hydrogen) atoms. The maximum absolute atomic E-state index is 12.7. The third-order valence-electron chi connectivity index (χ3n) is 9.17. The number of carbonyl (C=O) groups is 1. The molecule has 0 aromatic carbocycles. The Labute approximate surface area is 301 Å². The van der Waals surface area contributed by atoms with Crippen molar-refractivity contribution in [1.29, 1.82) is 0 Å². The lowest BCUT2D eigenvalue weighted by atomic mass is 10.0. The molecule has 0 bridgehead atoms. The van der Waals surface area contributed by atoms with Crippen molar-refractivity contribution in [2.45, 2.75) is 212 Å². The van der Waals surface area contributed by atoms with E-state index >= 15 is 0 Å². The van der Waals surface area contributed by atoms with Crippen molar-refractivity contribution in [3.05, 3.63) is 12.2 Å². The lowest BCUT2D eigenvalue weighted by Gasteiger charge is -2.25. The fourth-order valence-electron chi connectivity index (χ4n) is 6.06. The summed E-state index contributed by atoms with van der Waals surface area (Å²) in [6, 6.07) is -0.893. The number of aliphatic hydroxyl groups excluding tert-OH is 2. The molecule has 0 aliphatic heterocycles. The first-order valence-electron chi connectivity index (χ1n) is 20.4. The van der Waals surface area contributed by atoms with E-state index in [1.54, 1.807) is 0 Å². The Bertz CT molecular complexity index is 801. The van der Waals surface area contributed by atoms with Crippen molar-refractivity contribution in [1.82, 2.24) is 5.32 Å². The van der Waals surface area contributed by atoms with E-state index in [1.165, 1.54) is 116 Å². The predicted molar refractivity (Wildman–Crippen MR) is 204 cm³/mol. The van der Waals surface area contributed by atoms with E-state index in [4.69, 9.17) is 14.8 Å². The molecule has 9 nitrogen and oxygen atoms in total. The SMILES string of the molecule is CCCCCCCCCCCC/C=C\CCCCCCCC(O)CC(=O)NC(COP(=O)(O)OCCN)C(O)CCCCCCCCCC. The van der Waals surface area contributed by atoms with Gasteiger partial charge in [0.15, 0.2) is 0 Å². The Kier molecular flexibility index (Phi) is 35.0. The predicted octanol–water partition coefficient (Wildman–Crippen LogP) is 9.80. The maximum Gasteiger partial charge on any atom is 0.472 e. The lowest BCUT2D eigenvalue weighted by molar-refractivity contribution is -0.125. The molecule has 6 N–H and O–H groups in total. The number of nitrogens with two attached hydrogens (primary N) is 1. The second-order valence-corrected chi connectivity index (χ2v) is 15.5. The average Bonchev–Trinajstić information content (AvgIpc) is 3.07. The van der Waals surface area contributed by atoms with Gasteiger partial charge in [0.2, 0.25) is 5.91 Å². The number of hydrogen-bond acceptors (Lipinski definition) is 7. The summed E-state index contributed by atoms with van der Waals surface area (Å²) in [4.78, 5) is 22.6. The molecule has 0 spiro atoms. The largest absolute Gasteiger partial charge is 0.472 e. The van der Waals surface area contributed by atoms with Crippen LogP contribution < -0.4 is 11.1 Å². The topological polar surface area (TPSA) is 151 Å². The maximum atomic E-state index is 12.7. The van der Waals surface area contributed by atoms with Gasteiger partial charge >= 0.3 is 7.82 Å². The van der Waals surface area contributed by atoms with Crippen molar-refractivity contribution in [2.24, 2.45) is 5.73 Å². The van der Waals surface area contributed by atoms with E-state index in [0.29, 0.717) is 12.8 Å². The van der Waals surface area contributed by atoms with E-state index in [0.717, 1.165) is 44.9 Å². The molecule has 1 amide bonds. The lowest BCUT2D eigenvalue weighted by Crippen LogP contribution is -2.47. The third kappa shape index (κ3) is 34.1. The number of carbonyl (C=O) groups excluding carboxylic acids is 1. The van der Waals surface area contributed by atoms with Crippen LogP contribution in [0.1, 0.15) is 194 Å². The third-order valence-corrected chi connectivity index (χ3v) is 10.2. The normalized spacial score (nSPS) is 15.0. The van der Waals surface area contributed by atoms with Crippen molar-refractivity contribution < 1.29 is 33.5 Å². The minimum absolute atomic E-state index is 0.0594. The summed E-state index contributed by atoms with van der Waals surface area (Å²) in [5, 5.41) is 24.0. The summed E-state index contributed by atoms with van der Waals surface area (Å²) in [6.45, 7) is 4.00. The van der Waals surface area contributed by atoms with Crippen LogP contribution in [0.15, 0.2) is 12.2 Å². The van der Waals surface area contributed by atoms with Gasteiger partial charge in [0.1, 0.15) is 0 Å². The van der Waals surface area contributed by atoms with Crippen LogP contribution in [-0.4, -0.2) is 59.0 Å². The Balaban J connectivity index is 4.17. The van der Waals surface area contributed by atoms with Crippen LogP contribution in [0.5, 0.6) is 0 Å². The Morgan fingerprint density at radius 1 is 0.673 bits per heavy atom. The van der Waals surface area contributed by atoms with Gasteiger partial charge in [-0.15, -0.1) is 0 Å². The summed E-state index contributed by atoms with van der Waals surface area (Å²) >= 11 is 0. The molecular formula is C39H79N2O7P. The van der Waals surface area contributed by atoms with Gasteiger partial charge in [-0.3, -0.25) is 13.8 Å². The van der Waals surface area contributed by atoms with Gasteiger partial charge in [0.25, 0.3) is 0 Å². The fraction of sp³-hybridized carbons (Fsp3) is 0.923. The van der Waals surface area contributed by atoms with Crippen LogP contribution >= 0.6 is 7.82 Å². The molecular weight excluding hydrogens is 639 g/mol. The minimum atomic E-state index is -4.36. The van der Waals surface area contributed by atoms with Crippen molar-refractivity contribution in [2.75, 3.05) is 19.8 Å². The van der Waals surface area contributed by atoms with E-state index in [-0.39, 0.29) is 26.2 Å². The van der Waals surface area contributed by atoms with E-state index in [9.17, 15) is 24.5 Å². The van der Waals surface area contributed by atoms with Gasteiger partial charge in [0.05, 0.1) is 37.9 Å². The van der Waals surface area contributed by atoms with Crippen LogP contribution in [-0.2, 0) is 18.4 Å². The van der Waals surface area contributed by atoms with Crippen LogP contribution in [0.4, 0.5) is 0 Å². The van der Waals surface area contributed by atoms with Crippen LogP contribution in [0.2, 0.25) is 0 Å². The van der Waals surface area contributed by atoms with E-state index in [1.807, 2.05) is 0 Å². The van der Waals surface area contributed by atoms with Crippen molar-refractivity contribution >= 4 is 13.7 Å². The van der Waals surface area contributed by atoms with Crippen molar-refractivity contribution in [3.8, 4) is 0 Å². The van der Waals surface area contributed by atoms with Gasteiger partial charge < -0.3 is 26.2 Å². The molecule has 0 saturated carbocycles. The number of unbranched alkanes of at least 4 members (excludes halogenated alkanes) is 22. The van der Waals surface area contributed by atoms with Crippen molar-refractivity contribution in [3.63, 3.8) is 0 Å². The molecule has 0 aliphatic rings. The molecule has 0 aliphatic carbocycles. The highest BCUT2D eigenvalue weighted by Crippen LogP contribution is 2.43. The molecule has 0 aromatic rings. The van der Waals surface area contributed by atoms with Crippen LogP contribution in [0, 0.1) is 0 Å². The molecule has 10 heteroatoms. The smallest absolute Gasteiger partial charge is 0.393 e. The summed E-state index contributed by atoms with van der Waals surface area (Å²) in [5.74, 6) is -0.420. The Morgan fingerprint density at radius 3 is 1.57 bits per heavy atom. The first kappa shape index (κ1) is 48.2. The highest BCUT2D eigenvalue weighted by Gasteiger charge is 2.28. The highest BCUT2D eigenvalue weighted by atomic mass is 31.2. The van der Waals surface area contributed by atoms with Crippen LogP contribution in [0.3, 0.4) is 0 Å². The summed E-state index contributed by atoms with van der Waals surface area (Å²) < 4.78 is 22.0. The van der Waals surface area contributed by atoms with Crippen LogP contribution in [0.25, 0.3) is 0 Å². The Morgan fingerprint density at radius 2 is 1.10 bits per heavy atom. The highest BCUT2D eigenvalue weighted by molar-refractivity contribution is 7.47. The second kappa shape index (κ2) is 35.6. The standard InChI is InChI=1S/C39H79N2O7P/c1-3-5-7-9-11-13-14-15-16-17-18-19-20-21-22-23-24-26-28-30-36(42)34-39(44)41-37(35-48-49(45,46)47-33-32-40)38(43)31-29-27-25-12-10-8-6-4-2/h19-20,36-38,42-43H,3-18,21-35,40H2,1-2H3,(H,41,44)(H,45,46)/b20-19-. The van der Waals surface area contributed by atoms with Gasteiger partial charge in [-0.05, 0) is 38.5 Å². The molecule has 0 rings (SSSR count). The number of hydrogen-bond donors (Lipinski definition) is 5. The second-order valence-electron chi connectivity index (χ2n) is 14.0. The molecule has 0 radical (unpaired) electrons. The zero-order valence-electron chi connectivity index (χ0n) is 31.8. The first-order chi connectivity index (χ1) is 23.8. The monoisotopic (exact) mass is 719 g/mol. The number of rotatable bonds is 38. The number of aliphatic hydroxyl groups is 2. The fourth-order valence-corrected chi connectivity index (χ4v) is 6.82. The molecule has 0 aromatic heterocycles. The van der Waals surface area contributed by atoms with Gasteiger partial charge in [-0.2, -0.15) is 0 Å². The Hall–Kier alpha value is -0.800. The molecule has 0 heterocycles. The molecule has 0 saturated heterocycles. The number of phosphoric ester groups is 1. The zero-order valence-corrected chi connectivity index (χ0v) is 32.7. The molecule has 4 unspecified atom stereocenters. The first-order valence-corrected chi connectivity index (χ1v) is 21.9. The zero-order chi connectivity index (χ0) is 36.3. The van der Waals surface area contributed by atoms with E-state index in [2.05, 4.69) is 31.3 Å². The number of amides is 1. The summed E-state index contributed by atoms with van der Waals surface area (Å²) in [6.07, 6.45) is 34.2. The quantitative estimate of drug-likeness (QED) is 0.0240. The number of phosphoric acid groups is 1. The minimum Gasteiger partial charge on any atom is -0.393 e. The van der Waals surface area contributed by atoms with E-state index < -0.39 is 32.0 Å². The summed E-state index contributed by atoms with van der Waals surface area (Å²) in [7, 11) is -4.36.